The summed E-state index contributed by atoms with van der Waals surface area (Å²) in [5, 5.41) is 0. The third-order valence-corrected chi connectivity index (χ3v) is 2.80. The fraction of sp³-hybridized carbons (Fsp3) is 0.615. The molecule has 0 saturated heterocycles. The molecule has 0 bridgehead atoms. The van der Waals surface area contributed by atoms with Gasteiger partial charge in [-0.15, -0.1) is 0 Å². The molecule has 2 N–H and O–H groups in total. The van der Waals surface area contributed by atoms with Gasteiger partial charge in [0.2, 0.25) is 0 Å². The molecule has 0 aromatic heterocycles. The highest BCUT2D eigenvalue weighted by molar-refractivity contribution is 5.69. The molecule has 0 saturated carbocycles. The Bertz CT molecular complexity index is 444. The number of nitrogens with two attached hydrogens (primary N) is 1. The van der Waals surface area contributed by atoms with Crippen LogP contribution in [0.4, 0.5) is 0 Å². The van der Waals surface area contributed by atoms with E-state index in [0.29, 0.717) is 5.57 Å². The minimum atomic E-state index is -0.958. The van der Waals surface area contributed by atoms with E-state index in [9.17, 15) is 14.4 Å². The van der Waals surface area contributed by atoms with Gasteiger partial charge in [-0.25, -0.2) is 0 Å². The second-order valence-corrected chi connectivity index (χ2v) is 4.67. The van der Waals surface area contributed by atoms with Gasteiger partial charge < -0.3 is 19.9 Å². The fourth-order valence-corrected chi connectivity index (χ4v) is 2.14. The van der Waals surface area contributed by atoms with Crippen molar-refractivity contribution in [1.82, 2.24) is 0 Å². The molecule has 7 heteroatoms. The minimum absolute atomic E-state index is 0.531. The summed E-state index contributed by atoms with van der Waals surface area (Å²) >= 11 is 0. The Labute approximate surface area is 117 Å². The first-order valence-corrected chi connectivity index (χ1v) is 6.18. The summed E-state index contributed by atoms with van der Waals surface area (Å²) < 4.78 is 15.4. The normalized spacial score (nSPS) is 29.1. The van der Waals surface area contributed by atoms with Crippen LogP contribution in [0, 0.1) is 0 Å². The zero-order valence-corrected chi connectivity index (χ0v) is 11.9. The van der Waals surface area contributed by atoms with E-state index in [2.05, 4.69) is 0 Å². The first-order valence-electron chi connectivity index (χ1n) is 6.18. The van der Waals surface area contributed by atoms with Crippen molar-refractivity contribution in [2.75, 3.05) is 0 Å². The van der Waals surface area contributed by atoms with E-state index in [1.54, 1.807) is 13.0 Å². The number of carbonyl (C=O) groups excluding carboxylic acids is 3. The number of esters is 3. The van der Waals surface area contributed by atoms with Gasteiger partial charge >= 0.3 is 17.9 Å². The van der Waals surface area contributed by atoms with Gasteiger partial charge in [0, 0.05) is 20.8 Å². The fourth-order valence-electron chi connectivity index (χ4n) is 2.14. The Kier molecular flexibility index (Phi) is 5.26. The standard InChI is InChI=1S/C13H19NO6/c1-6-5-10(14)12(19-8(3)16)13(20-9(4)17)11(6)18-7(2)15/h5,10-13H,14H2,1-4H3/t10-,11+,12+,13+/m1/s1. The molecule has 0 fully saturated rings. The number of hydrogen-bond donors (Lipinski definition) is 1. The predicted octanol–water partition coefficient (Wildman–Crippen LogP) is 0.0687. The molecule has 0 aromatic carbocycles. The molecule has 20 heavy (non-hydrogen) atoms. The minimum Gasteiger partial charge on any atom is -0.456 e. The highest BCUT2D eigenvalue weighted by Crippen LogP contribution is 2.27. The van der Waals surface area contributed by atoms with Gasteiger partial charge in [-0.3, -0.25) is 14.4 Å². The van der Waals surface area contributed by atoms with Gasteiger partial charge in [-0.05, 0) is 12.5 Å². The lowest BCUT2D eigenvalue weighted by atomic mass is 9.88. The number of carbonyl (C=O) groups is 3. The van der Waals surface area contributed by atoms with Crippen molar-refractivity contribution in [2.45, 2.75) is 52.0 Å². The Hall–Kier alpha value is -1.89. The van der Waals surface area contributed by atoms with Crippen LogP contribution in [0.25, 0.3) is 0 Å². The molecule has 0 heterocycles. The van der Waals surface area contributed by atoms with Crippen LogP contribution in [-0.2, 0) is 28.6 Å². The maximum Gasteiger partial charge on any atom is 0.303 e. The molecule has 0 amide bonds. The number of rotatable bonds is 3. The lowest BCUT2D eigenvalue weighted by molar-refractivity contribution is -0.182. The zero-order chi connectivity index (χ0) is 15.4. The van der Waals surface area contributed by atoms with Gasteiger partial charge in [-0.2, -0.15) is 0 Å². The topological polar surface area (TPSA) is 105 Å². The van der Waals surface area contributed by atoms with Crippen molar-refractivity contribution in [2.24, 2.45) is 5.73 Å². The Balaban J connectivity index is 3.10. The van der Waals surface area contributed by atoms with E-state index in [1.807, 2.05) is 0 Å². The van der Waals surface area contributed by atoms with Crippen molar-refractivity contribution < 1.29 is 28.6 Å². The zero-order valence-electron chi connectivity index (χ0n) is 11.9. The summed E-state index contributed by atoms with van der Waals surface area (Å²) in [6, 6.07) is -0.643. The third-order valence-electron chi connectivity index (χ3n) is 2.80. The molecule has 1 rings (SSSR count). The lowest BCUT2D eigenvalue weighted by Crippen LogP contribution is -2.56. The summed E-state index contributed by atoms with van der Waals surface area (Å²) in [6.45, 7) is 5.39. The molecule has 1 aliphatic rings. The van der Waals surface area contributed by atoms with Gasteiger partial charge in [0.05, 0.1) is 6.04 Å². The van der Waals surface area contributed by atoms with Crippen LogP contribution in [0.15, 0.2) is 11.6 Å². The van der Waals surface area contributed by atoms with Gasteiger partial charge in [0.25, 0.3) is 0 Å². The molecule has 0 aliphatic heterocycles. The molecule has 0 spiro atoms. The second kappa shape index (κ2) is 6.51. The second-order valence-electron chi connectivity index (χ2n) is 4.67. The summed E-state index contributed by atoms with van der Waals surface area (Å²) in [6.07, 6.45) is -1.05. The highest BCUT2D eigenvalue weighted by Gasteiger charge is 2.44. The van der Waals surface area contributed by atoms with E-state index in [0.717, 1.165) is 0 Å². The van der Waals surface area contributed by atoms with Crippen LogP contribution in [0.5, 0.6) is 0 Å². The molecule has 0 unspecified atom stereocenters. The largest absolute Gasteiger partial charge is 0.456 e. The van der Waals surface area contributed by atoms with E-state index < -0.39 is 42.3 Å². The van der Waals surface area contributed by atoms with Gasteiger partial charge in [0.15, 0.2) is 18.3 Å². The lowest BCUT2D eigenvalue weighted by Gasteiger charge is -2.38. The van der Waals surface area contributed by atoms with Crippen LogP contribution in [-0.4, -0.2) is 42.3 Å². The average molecular weight is 285 g/mol. The summed E-state index contributed by atoms with van der Waals surface area (Å²) in [5.74, 6) is -1.67. The van der Waals surface area contributed by atoms with E-state index in [-0.39, 0.29) is 0 Å². The van der Waals surface area contributed by atoms with Crippen molar-refractivity contribution >= 4 is 17.9 Å². The highest BCUT2D eigenvalue weighted by atomic mass is 16.6. The molecule has 4 atom stereocenters. The molecular weight excluding hydrogens is 266 g/mol. The van der Waals surface area contributed by atoms with E-state index in [1.165, 1.54) is 20.8 Å². The summed E-state index contributed by atoms with van der Waals surface area (Å²) in [4.78, 5) is 33.5. The molecule has 0 aromatic rings. The first kappa shape index (κ1) is 16.2. The van der Waals surface area contributed by atoms with Crippen LogP contribution < -0.4 is 5.73 Å². The first-order chi connectivity index (χ1) is 9.22. The van der Waals surface area contributed by atoms with Crippen molar-refractivity contribution in [3.63, 3.8) is 0 Å². The average Bonchev–Trinajstić information content (AvgIpc) is 2.27. The Morgan fingerprint density at radius 3 is 1.85 bits per heavy atom. The molecule has 7 nitrogen and oxygen atoms in total. The maximum absolute atomic E-state index is 11.2. The third kappa shape index (κ3) is 4.06. The molecular formula is C13H19NO6. The molecule has 112 valence electrons. The van der Waals surface area contributed by atoms with Crippen LogP contribution in [0.3, 0.4) is 0 Å². The predicted molar refractivity (Wildman–Crippen MR) is 68.4 cm³/mol. The molecule has 0 radical (unpaired) electrons. The maximum atomic E-state index is 11.2. The smallest absolute Gasteiger partial charge is 0.303 e. The van der Waals surface area contributed by atoms with Gasteiger partial charge in [-0.1, -0.05) is 6.08 Å². The number of ether oxygens (including phenoxy) is 3. The van der Waals surface area contributed by atoms with Crippen molar-refractivity contribution in [1.29, 1.82) is 0 Å². The summed E-state index contributed by atoms with van der Waals surface area (Å²) in [7, 11) is 0. The summed E-state index contributed by atoms with van der Waals surface area (Å²) in [5.41, 5.74) is 6.53. The SMILES string of the molecule is CC(=O)O[C@@H]1[C@@H](OC(C)=O)[C@@H](OC(C)=O)C(C)=C[C@H]1N. The van der Waals surface area contributed by atoms with Crippen molar-refractivity contribution in [3.8, 4) is 0 Å². The van der Waals surface area contributed by atoms with Gasteiger partial charge in [0.1, 0.15) is 0 Å². The van der Waals surface area contributed by atoms with E-state index >= 15 is 0 Å². The van der Waals surface area contributed by atoms with Crippen LogP contribution in [0.1, 0.15) is 27.7 Å². The molecule has 1 aliphatic carbocycles. The quantitative estimate of drug-likeness (QED) is 0.444. The van der Waals surface area contributed by atoms with Crippen LogP contribution >= 0.6 is 0 Å². The Morgan fingerprint density at radius 2 is 1.40 bits per heavy atom. The van der Waals surface area contributed by atoms with Crippen LogP contribution in [0.2, 0.25) is 0 Å². The monoisotopic (exact) mass is 285 g/mol. The Morgan fingerprint density at radius 1 is 0.950 bits per heavy atom. The van der Waals surface area contributed by atoms with Crippen molar-refractivity contribution in [3.05, 3.63) is 11.6 Å². The van der Waals surface area contributed by atoms with E-state index in [4.69, 9.17) is 19.9 Å². The number of hydrogen-bond acceptors (Lipinski definition) is 7.